The lowest BCUT2D eigenvalue weighted by Crippen LogP contribution is -2.31. The molecule has 23 heavy (non-hydrogen) atoms. The molecule has 2 aromatic rings. The van der Waals surface area contributed by atoms with Crippen molar-refractivity contribution in [2.75, 3.05) is 6.54 Å². The second kappa shape index (κ2) is 7.30. The van der Waals surface area contributed by atoms with E-state index < -0.39 is 11.0 Å². The van der Waals surface area contributed by atoms with E-state index >= 15 is 0 Å². The van der Waals surface area contributed by atoms with Gasteiger partial charge < -0.3 is 14.9 Å². The van der Waals surface area contributed by atoms with Crippen LogP contribution in [0.2, 0.25) is 0 Å². The molecule has 2 N–H and O–H groups in total. The highest BCUT2D eigenvalue weighted by Crippen LogP contribution is 2.24. The largest absolute Gasteiger partial charge is 0.392 e. The van der Waals surface area contributed by atoms with E-state index in [1.807, 2.05) is 13.8 Å². The molecule has 124 valence electrons. The van der Waals surface area contributed by atoms with Gasteiger partial charge in [-0.1, -0.05) is 19.0 Å². The lowest BCUT2D eigenvalue weighted by Gasteiger charge is -2.19. The number of nitrogens with one attached hydrogen (secondary N) is 1. The fourth-order valence-electron chi connectivity index (χ4n) is 2.12. The van der Waals surface area contributed by atoms with E-state index in [0.29, 0.717) is 23.8 Å². The molecule has 2 atom stereocenters. The van der Waals surface area contributed by atoms with E-state index in [9.17, 15) is 15.2 Å². The molecule has 0 amide bonds. The predicted molar refractivity (Wildman–Crippen MR) is 83.7 cm³/mol. The number of benzene rings is 1. The zero-order valence-corrected chi connectivity index (χ0v) is 13.3. The lowest BCUT2D eigenvalue weighted by molar-refractivity contribution is -0.384. The third-order valence-corrected chi connectivity index (χ3v) is 3.34. The Balaban J connectivity index is 2.19. The van der Waals surface area contributed by atoms with Gasteiger partial charge in [-0.3, -0.25) is 10.1 Å². The number of hydrogen-bond acceptors (Lipinski definition) is 7. The third-order valence-electron chi connectivity index (χ3n) is 3.34. The van der Waals surface area contributed by atoms with Crippen molar-refractivity contribution in [3.8, 4) is 11.4 Å². The maximum Gasteiger partial charge on any atom is 0.269 e. The summed E-state index contributed by atoms with van der Waals surface area (Å²) in [5.41, 5.74) is 0.653. The van der Waals surface area contributed by atoms with Crippen molar-refractivity contribution in [3.05, 3.63) is 40.3 Å². The molecule has 0 saturated heterocycles. The molecule has 0 unspecified atom stereocenters. The van der Waals surface area contributed by atoms with Crippen LogP contribution in [0, 0.1) is 16.0 Å². The Labute approximate surface area is 133 Å². The van der Waals surface area contributed by atoms with Gasteiger partial charge in [0.15, 0.2) is 0 Å². The van der Waals surface area contributed by atoms with Crippen molar-refractivity contribution in [3.63, 3.8) is 0 Å². The summed E-state index contributed by atoms with van der Waals surface area (Å²) in [6.07, 6.45) is -0.478. The summed E-state index contributed by atoms with van der Waals surface area (Å²) in [6.45, 7) is 6.13. The first kappa shape index (κ1) is 17.0. The monoisotopic (exact) mass is 320 g/mol. The van der Waals surface area contributed by atoms with Gasteiger partial charge in [0.1, 0.15) is 0 Å². The van der Waals surface area contributed by atoms with E-state index in [1.54, 1.807) is 19.1 Å². The van der Waals surface area contributed by atoms with Crippen LogP contribution >= 0.6 is 0 Å². The average Bonchev–Trinajstić information content (AvgIpc) is 2.96. The Morgan fingerprint density at radius 2 is 1.96 bits per heavy atom. The van der Waals surface area contributed by atoms with E-state index in [0.717, 1.165) is 0 Å². The van der Waals surface area contributed by atoms with Gasteiger partial charge in [0.25, 0.3) is 5.69 Å². The second-order valence-electron chi connectivity index (χ2n) is 5.74. The minimum Gasteiger partial charge on any atom is -0.392 e. The molecule has 0 radical (unpaired) electrons. The van der Waals surface area contributed by atoms with Gasteiger partial charge in [-0.25, -0.2) is 0 Å². The summed E-state index contributed by atoms with van der Waals surface area (Å²) in [4.78, 5) is 14.6. The highest BCUT2D eigenvalue weighted by molar-refractivity contribution is 5.56. The van der Waals surface area contributed by atoms with Crippen LogP contribution in [-0.2, 0) is 0 Å². The summed E-state index contributed by atoms with van der Waals surface area (Å²) in [7, 11) is 0. The number of rotatable bonds is 7. The number of aliphatic hydroxyl groups is 1. The molecule has 0 fully saturated rings. The van der Waals surface area contributed by atoms with Gasteiger partial charge in [-0.05, 0) is 25.0 Å². The molecule has 0 bridgehead atoms. The summed E-state index contributed by atoms with van der Waals surface area (Å²) >= 11 is 0. The lowest BCUT2D eigenvalue weighted by atomic mass is 10.0. The fraction of sp³-hybridized carbons (Fsp3) is 0.467. The summed E-state index contributed by atoms with van der Waals surface area (Å²) in [5.74, 6) is 0.993. The molecule has 1 aromatic carbocycles. The molecule has 0 aliphatic rings. The first-order valence-corrected chi connectivity index (χ1v) is 7.38. The van der Waals surface area contributed by atoms with Crippen molar-refractivity contribution < 1.29 is 14.6 Å². The Morgan fingerprint density at radius 3 is 2.48 bits per heavy atom. The SMILES string of the molecule is CC(C)[C@@H](NC[C@@H](C)O)c1nc(-c2ccc([N+](=O)[O-])cc2)no1. The van der Waals surface area contributed by atoms with Crippen LogP contribution in [-0.4, -0.2) is 32.8 Å². The van der Waals surface area contributed by atoms with Gasteiger partial charge in [-0.15, -0.1) is 0 Å². The zero-order valence-electron chi connectivity index (χ0n) is 13.3. The minimum atomic E-state index is -0.478. The number of aromatic nitrogens is 2. The van der Waals surface area contributed by atoms with Crippen LogP contribution in [0.25, 0.3) is 11.4 Å². The summed E-state index contributed by atoms with van der Waals surface area (Å²) in [5, 5.41) is 27.2. The Morgan fingerprint density at radius 1 is 1.30 bits per heavy atom. The molecule has 0 aliphatic carbocycles. The number of nitro groups is 1. The first-order valence-electron chi connectivity index (χ1n) is 7.38. The highest BCUT2D eigenvalue weighted by Gasteiger charge is 2.23. The molecule has 0 spiro atoms. The quantitative estimate of drug-likeness (QED) is 0.594. The van der Waals surface area contributed by atoms with E-state index in [-0.39, 0.29) is 17.6 Å². The van der Waals surface area contributed by atoms with Crippen molar-refractivity contribution in [1.29, 1.82) is 0 Å². The van der Waals surface area contributed by atoms with E-state index in [4.69, 9.17) is 4.52 Å². The number of nitrogens with zero attached hydrogens (tertiary/aromatic N) is 3. The molecule has 0 saturated carbocycles. The Bertz CT molecular complexity index is 652. The summed E-state index contributed by atoms with van der Waals surface area (Å²) < 4.78 is 5.31. The van der Waals surface area contributed by atoms with Gasteiger partial charge in [0.2, 0.25) is 11.7 Å². The van der Waals surface area contributed by atoms with Gasteiger partial charge in [0.05, 0.1) is 17.1 Å². The van der Waals surface area contributed by atoms with Gasteiger partial charge >= 0.3 is 0 Å². The van der Waals surface area contributed by atoms with Crippen LogP contribution in [0.5, 0.6) is 0 Å². The maximum absolute atomic E-state index is 10.7. The second-order valence-corrected chi connectivity index (χ2v) is 5.74. The van der Waals surface area contributed by atoms with Crippen molar-refractivity contribution in [2.45, 2.75) is 32.9 Å². The molecule has 2 rings (SSSR count). The zero-order chi connectivity index (χ0) is 17.0. The Kier molecular flexibility index (Phi) is 5.41. The maximum atomic E-state index is 10.7. The number of nitro benzene ring substituents is 1. The molecular weight excluding hydrogens is 300 g/mol. The topological polar surface area (TPSA) is 114 Å². The molecule has 1 heterocycles. The van der Waals surface area contributed by atoms with Gasteiger partial charge in [0, 0.05) is 24.2 Å². The highest BCUT2D eigenvalue weighted by atomic mass is 16.6. The van der Waals surface area contributed by atoms with E-state index in [2.05, 4.69) is 15.5 Å². The standard InChI is InChI=1S/C15H20N4O4/c1-9(2)13(16-8-10(3)20)15-17-14(18-23-15)11-4-6-12(7-5-11)19(21)22/h4-7,9-10,13,16,20H,8H2,1-3H3/t10-,13-/m1/s1. The van der Waals surface area contributed by atoms with Crippen molar-refractivity contribution in [1.82, 2.24) is 15.5 Å². The smallest absolute Gasteiger partial charge is 0.269 e. The number of aliphatic hydroxyl groups excluding tert-OH is 1. The van der Waals surface area contributed by atoms with Crippen molar-refractivity contribution >= 4 is 5.69 Å². The average molecular weight is 320 g/mol. The molecule has 8 nitrogen and oxygen atoms in total. The third kappa shape index (κ3) is 4.33. The fourth-order valence-corrected chi connectivity index (χ4v) is 2.12. The molecule has 1 aromatic heterocycles. The predicted octanol–water partition coefficient (Wildman–Crippen LogP) is 2.31. The summed E-state index contributed by atoms with van der Waals surface area (Å²) in [6, 6.07) is 5.79. The van der Waals surface area contributed by atoms with Gasteiger partial charge in [-0.2, -0.15) is 4.98 Å². The molecule has 8 heteroatoms. The molecular formula is C15H20N4O4. The van der Waals surface area contributed by atoms with Crippen LogP contribution < -0.4 is 5.32 Å². The van der Waals surface area contributed by atoms with Crippen LogP contribution in [0.4, 0.5) is 5.69 Å². The van der Waals surface area contributed by atoms with Crippen LogP contribution in [0.15, 0.2) is 28.8 Å². The van der Waals surface area contributed by atoms with Crippen LogP contribution in [0.3, 0.4) is 0 Å². The van der Waals surface area contributed by atoms with Crippen molar-refractivity contribution in [2.24, 2.45) is 5.92 Å². The normalized spacial score (nSPS) is 14.0. The first-order chi connectivity index (χ1) is 10.9. The Hall–Kier alpha value is -2.32. The number of hydrogen-bond donors (Lipinski definition) is 2. The minimum absolute atomic E-state index is 0.0103. The van der Waals surface area contributed by atoms with Crippen LogP contribution in [0.1, 0.15) is 32.7 Å². The van der Waals surface area contributed by atoms with E-state index in [1.165, 1.54) is 12.1 Å². The number of non-ortho nitro benzene ring substituents is 1. The molecule has 0 aliphatic heterocycles.